The zero-order valence-corrected chi connectivity index (χ0v) is 64.2. The molecule has 3 rings (SSSR count). The molecule has 12 N–H and O–H groups in total. The second kappa shape index (κ2) is 64.3. The Balaban J connectivity index is 1.33. The van der Waals surface area contributed by atoms with Gasteiger partial charge in [-0.1, -0.05) is 297 Å². The van der Waals surface area contributed by atoms with Gasteiger partial charge in [0.1, 0.15) is 73.2 Å². The topological polar surface area (TPSA) is 307 Å². The van der Waals surface area contributed by atoms with Crippen LogP contribution in [0.4, 0.5) is 0 Å². The van der Waals surface area contributed by atoms with E-state index in [9.17, 15) is 61.0 Å². The lowest BCUT2D eigenvalue weighted by molar-refractivity contribution is -0.379. The highest BCUT2D eigenvalue weighted by atomic mass is 16.8. The summed E-state index contributed by atoms with van der Waals surface area (Å²) in [7, 11) is 0. The Labute approximate surface area is 627 Å². The molecule has 3 fully saturated rings. The molecule has 0 bridgehead atoms. The summed E-state index contributed by atoms with van der Waals surface area (Å²) in [6.07, 6.45) is 62.3. The van der Waals surface area contributed by atoms with E-state index < -0.39 is 124 Å². The highest BCUT2D eigenvalue weighted by Gasteiger charge is 2.54. The van der Waals surface area contributed by atoms with E-state index in [1.165, 1.54) is 173 Å². The molecular weight excluding hydrogens is 1320 g/mol. The summed E-state index contributed by atoms with van der Waals surface area (Å²) in [5.41, 5.74) is 0. The van der Waals surface area contributed by atoms with Crippen molar-refractivity contribution in [2.75, 3.05) is 26.4 Å². The summed E-state index contributed by atoms with van der Waals surface area (Å²) in [6, 6.07) is -1.00. The van der Waals surface area contributed by atoms with Crippen LogP contribution < -0.4 is 5.32 Å². The fraction of sp³-hybridized carbons (Fsp3) is 0.776. The number of carbonyl (C=O) groups is 1. The number of hydrogen-bond donors (Lipinski definition) is 12. The predicted molar refractivity (Wildman–Crippen MR) is 415 cm³/mol. The molecule has 600 valence electrons. The molecule has 0 radical (unpaired) electrons. The van der Waals surface area contributed by atoms with Crippen LogP contribution in [0.3, 0.4) is 0 Å². The van der Waals surface area contributed by atoms with Crippen molar-refractivity contribution < 1.29 is 89.4 Å². The Morgan fingerprint density at radius 1 is 0.356 bits per heavy atom. The Bertz CT molecular complexity index is 2300. The number of unbranched alkanes of at least 4 members (excludes halogenated alkanes) is 32. The van der Waals surface area contributed by atoms with E-state index in [-0.39, 0.29) is 18.9 Å². The Kier molecular flexibility index (Phi) is 58.5. The van der Waals surface area contributed by atoms with Crippen molar-refractivity contribution in [3.05, 3.63) is 109 Å². The van der Waals surface area contributed by atoms with Crippen molar-refractivity contribution in [3.63, 3.8) is 0 Å². The number of ether oxygens (including phenoxy) is 6. The van der Waals surface area contributed by atoms with Gasteiger partial charge >= 0.3 is 0 Å². The van der Waals surface area contributed by atoms with Crippen LogP contribution in [0.1, 0.15) is 290 Å². The minimum atomic E-state index is -1.99. The lowest BCUT2D eigenvalue weighted by atomic mass is 9.96. The summed E-state index contributed by atoms with van der Waals surface area (Å²) >= 11 is 0. The highest BCUT2D eigenvalue weighted by Crippen LogP contribution is 2.33. The van der Waals surface area contributed by atoms with Gasteiger partial charge in [0.05, 0.1) is 38.6 Å². The molecule has 0 saturated carbocycles. The van der Waals surface area contributed by atoms with Gasteiger partial charge in [0.15, 0.2) is 18.9 Å². The molecule has 3 saturated heterocycles. The molecule has 104 heavy (non-hydrogen) atoms. The van der Waals surface area contributed by atoms with Crippen LogP contribution in [0.2, 0.25) is 0 Å². The van der Waals surface area contributed by atoms with E-state index in [0.717, 1.165) is 83.5 Å². The maximum absolute atomic E-state index is 13.5. The van der Waals surface area contributed by atoms with E-state index >= 15 is 0 Å². The van der Waals surface area contributed by atoms with E-state index in [2.05, 4.69) is 116 Å². The average Bonchev–Trinajstić information content (AvgIpc) is 0.783. The molecule has 3 aliphatic rings. The largest absolute Gasteiger partial charge is 0.394 e. The number of carbonyl (C=O) groups excluding carboxylic acids is 1. The number of allylic oxidation sites excluding steroid dienone is 17. The van der Waals surface area contributed by atoms with Gasteiger partial charge in [-0.2, -0.15) is 0 Å². The third kappa shape index (κ3) is 43.6. The number of aliphatic hydroxyl groups is 11. The molecule has 19 nitrogen and oxygen atoms in total. The number of rotatable bonds is 64. The number of amides is 1. The number of hydrogen-bond acceptors (Lipinski definition) is 18. The van der Waals surface area contributed by atoms with Crippen LogP contribution in [0, 0.1) is 0 Å². The molecule has 0 spiro atoms. The zero-order chi connectivity index (χ0) is 75.3. The Morgan fingerprint density at radius 2 is 0.673 bits per heavy atom. The third-order valence-corrected chi connectivity index (χ3v) is 19.8. The lowest BCUT2D eigenvalue weighted by Crippen LogP contribution is -2.66. The molecule has 17 unspecified atom stereocenters. The first-order valence-electron chi connectivity index (χ1n) is 41.1. The van der Waals surface area contributed by atoms with Crippen LogP contribution in [-0.4, -0.2) is 193 Å². The molecule has 0 aromatic heterocycles. The minimum absolute atomic E-state index is 0.230. The first kappa shape index (κ1) is 94.7. The predicted octanol–water partition coefficient (Wildman–Crippen LogP) is 14.1. The molecular formula is C85H147NO18. The normalized spacial score (nSPS) is 26.5. The second-order valence-corrected chi connectivity index (χ2v) is 28.8. The van der Waals surface area contributed by atoms with Gasteiger partial charge in [-0.3, -0.25) is 4.79 Å². The number of aliphatic hydroxyl groups excluding tert-OH is 11. The highest BCUT2D eigenvalue weighted by molar-refractivity contribution is 5.76. The monoisotopic (exact) mass is 1470 g/mol. The van der Waals surface area contributed by atoms with Crippen molar-refractivity contribution >= 4 is 5.91 Å². The molecule has 19 heteroatoms. The van der Waals surface area contributed by atoms with Gasteiger partial charge < -0.3 is 89.9 Å². The van der Waals surface area contributed by atoms with Crippen LogP contribution in [0.25, 0.3) is 0 Å². The first-order valence-corrected chi connectivity index (χ1v) is 41.1. The first-order chi connectivity index (χ1) is 50.8. The zero-order valence-electron chi connectivity index (χ0n) is 64.2. The Hall–Kier alpha value is -3.55. The summed E-state index contributed by atoms with van der Waals surface area (Å²) in [5, 5.41) is 121. The van der Waals surface area contributed by atoms with Crippen molar-refractivity contribution in [1.29, 1.82) is 0 Å². The summed E-state index contributed by atoms with van der Waals surface area (Å²) in [5.74, 6) is -0.289. The molecule has 0 aromatic rings. The van der Waals surface area contributed by atoms with Gasteiger partial charge in [0.25, 0.3) is 0 Å². The third-order valence-electron chi connectivity index (χ3n) is 19.8. The molecule has 17 atom stereocenters. The second-order valence-electron chi connectivity index (χ2n) is 28.8. The van der Waals surface area contributed by atoms with Crippen LogP contribution >= 0.6 is 0 Å². The van der Waals surface area contributed by atoms with Crippen LogP contribution in [0.5, 0.6) is 0 Å². The molecule has 1 amide bonds. The smallest absolute Gasteiger partial charge is 0.220 e. The Morgan fingerprint density at radius 3 is 1.08 bits per heavy atom. The van der Waals surface area contributed by atoms with Crippen molar-refractivity contribution in [2.24, 2.45) is 0 Å². The summed E-state index contributed by atoms with van der Waals surface area (Å²) in [6.45, 7) is 1.61. The quantitative estimate of drug-likeness (QED) is 0.0199. The molecule has 3 aliphatic heterocycles. The van der Waals surface area contributed by atoms with Crippen molar-refractivity contribution in [2.45, 2.75) is 394 Å². The van der Waals surface area contributed by atoms with E-state index in [1.807, 2.05) is 6.08 Å². The fourth-order valence-electron chi connectivity index (χ4n) is 13.2. The average molecular weight is 1470 g/mol. The van der Waals surface area contributed by atoms with Gasteiger partial charge in [0, 0.05) is 6.42 Å². The van der Waals surface area contributed by atoms with E-state index in [0.29, 0.717) is 12.8 Å². The maximum atomic E-state index is 13.5. The fourth-order valence-corrected chi connectivity index (χ4v) is 13.2. The van der Waals surface area contributed by atoms with Crippen LogP contribution in [-0.2, 0) is 33.2 Å². The number of nitrogens with one attached hydrogen (secondary N) is 1. The standard InChI is InChI=1S/C85H147NO18/c1-3-5-7-9-11-13-15-17-19-21-23-25-26-27-28-29-30-31-32-33-34-35-36-37-38-39-40-41-42-43-45-47-49-51-53-55-57-59-61-63-73(91)86-68(69(90)62-60-58-56-54-52-50-48-46-44-24-22-20-18-16-14-12-10-8-6-4-2)67-99-83-79(97)76(94)81(71(65-88)101-83)104-85-80(98)77(95)82(72(66-89)102-85)103-84-78(96)75(93)74(92)70(64-87)100-84/h5,7,11,13,17,19,23,25,27-28,30-31,44,46,52,54,60,62,68-72,74-85,87-90,92-98H,3-4,6,8-10,12,14-16,18,20-22,24,26,29,32-43,45,47-51,53,55-59,61,63-67H2,1-2H3,(H,86,91)/b7-5-,13-11-,19-17-,25-23-,28-27-,31-30-,46-44+,54-52+,62-60+. The van der Waals surface area contributed by atoms with Crippen molar-refractivity contribution in [3.8, 4) is 0 Å². The van der Waals surface area contributed by atoms with Gasteiger partial charge in [0.2, 0.25) is 5.91 Å². The minimum Gasteiger partial charge on any atom is -0.394 e. The SMILES string of the molecule is CC/C=C\C/C=C\C/C=C\C/C=C\C/C=C\C/C=C\CCCCCCCCCCCCCCCCCCCCCCC(=O)NC(COC1OC(CO)C(OC2OC(CO)C(OC3OC(CO)C(O)C(O)C3O)C(O)C2O)C(O)C1O)C(O)/C=C/CC/C=C/CC/C=C/CCCCCCCCCCCC. The molecule has 0 aliphatic carbocycles. The van der Waals surface area contributed by atoms with Gasteiger partial charge in [-0.05, 0) is 96.3 Å². The maximum Gasteiger partial charge on any atom is 0.220 e. The van der Waals surface area contributed by atoms with E-state index in [4.69, 9.17) is 28.4 Å². The van der Waals surface area contributed by atoms with E-state index in [1.54, 1.807) is 6.08 Å². The summed E-state index contributed by atoms with van der Waals surface area (Å²) in [4.78, 5) is 13.5. The lowest BCUT2D eigenvalue weighted by Gasteiger charge is -2.48. The van der Waals surface area contributed by atoms with Gasteiger partial charge in [-0.15, -0.1) is 0 Å². The van der Waals surface area contributed by atoms with Crippen LogP contribution in [0.15, 0.2) is 109 Å². The van der Waals surface area contributed by atoms with Gasteiger partial charge in [-0.25, -0.2) is 0 Å². The molecule has 0 aromatic carbocycles. The summed E-state index contributed by atoms with van der Waals surface area (Å²) < 4.78 is 34.4. The molecule has 3 heterocycles. The van der Waals surface area contributed by atoms with Crippen molar-refractivity contribution in [1.82, 2.24) is 5.32 Å².